The van der Waals surface area contributed by atoms with Crippen molar-refractivity contribution in [3.8, 4) is 11.6 Å². The Balaban J connectivity index is 1.87. The number of aryl methyl sites for hydroxylation is 1. The summed E-state index contributed by atoms with van der Waals surface area (Å²) in [4.78, 5) is 4.36. The van der Waals surface area contributed by atoms with E-state index in [9.17, 15) is 5.11 Å². The molecule has 2 unspecified atom stereocenters. The molecule has 0 amide bonds. The van der Waals surface area contributed by atoms with Crippen LogP contribution in [-0.4, -0.2) is 21.4 Å². The van der Waals surface area contributed by atoms with Crippen molar-refractivity contribution in [2.45, 2.75) is 44.6 Å². The zero-order valence-electron chi connectivity index (χ0n) is 10.3. The monoisotopic (exact) mass is 248 g/mol. The van der Waals surface area contributed by atoms with E-state index in [0.717, 1.165) is 31.2 Å². The zero-order valence-corrected chi connectivity index (χ0v) is 10.3. The van der Waals surface area contributed by atoms with E-state index < -0.39 is 0 Å². The van der Waals surface area contributed by atoms with Gasteiger partial charge in [0.05, 0.1) is 18.3 Å². The van der Waals surface area contributed by atoms with Gasteiger partial charge in [0.1, 0.15) is 0 Å². The van der Waals surface area contributed by atoms with Crippen LogP contribution in [0.15, 0.2) is 21.3 Å². The fourth-order valence-electron chi connectivity index (χ4n) is 2.48. The number of hydrogen-bond acceptors (Lipinski definition) is 5. The predicted octanol–water partition coefficient (Wildman–Crippen LogP) is 2.66. The molecule has 2 aromatic rings. The molecule has 0 spiro atoms. The van der Waals surface area contributed by atoms with E-state index in [2.05, 4.69) is 10.1 Å². The second-order valence-corrected chi connectivity index (χ2v) is 4.85. The van der Waals surface area contributed by atoms with Gasteiger partial charge in [0.2, 0.25) is 11.7 Å². The summed E-state index contributed by atoms with van der Waals surface area (Å²) in [7, 11) is 0. The van der Waals surface area contributed by atoms with Gasteiger partial charge in [-0.3, -0.25) is 0 Å². The second kappa shape index (κ2) is 4.57. The molecule has 1 aliphatic carbocycles. The highest BCUT2D eigenvalue weighted by molar-refractivity contribution is 5.51. The molecule has 96 valence electrons. The van der Waals surface area contributed by atoms with Gasteiger partial charge in [-0.2, -0.15) is 4.98 Å². The van der Waals surface area contributed by atoms with Crippen LogP contribution in [0.25, 0.3) is 11.6 Å². The summed E-state index contributed by atoms with van der Waals surface area (Å²) in [5.74, 6) is 1.59. The van der Waals surface area contributed by atoms with Crippen LogP contribution < -0.4 is 0 Å². The predicted molar refractivity (Wildman–Crippen MR) is 64.0 cm³/mol. The summed E-state index contributed by atoms with van der Waals surface area (Å²) in [6.07, 6.45) is 5.11. The lowest BCUT2D eigenvalue weighted by Crippen LogP contribution is -2.22. The summed E-state index contributed by atoms with van der Waals surface area (Å²) >= 11 is 0. The standard InChI is InChI=1S/C13H16N2O3/c1-8-6-7-17-11(8)12-14-13(18-15-12)9-4-2-3-5-10(9)16/h6-7,9-10,16H,2-5H2,1H3. The molecule has 0 saturated heterocycles. The van der Waals surface area contributed by atoms with Crippen LogP contribution in [0.3, 0.4) is 0 Å². The van der Waals surface area contributed by atoms with Gasteiger partial charge in [-0.15, -0.1) is 0 Å². The SMILES string of the molecule is Cc1ccoc1-c1noc(C2CCCCC2O)n1. The summed E-state index contributed by atoms with van der Waals surface area (Å²) in [6.45, 7) is 1.93. The van der Waals surface area contributed by atoms with E-state index in [1.807, 2.05) is 13.0 Å². The van der Waals surface area contributed by atoms with Gasteiger partial charge in [-0.1, -0.05) is 18.0 Å². The maximum absolute atomic E-state index is 9.97. The minimum atomic E-state index is -0.371. The average molecular weight is 248 g/mol. The number of hydrogen-bond donors (Lipinski definition) is 1. The van der Waals surface area contributed by atoms with Crippen molar-refractivity contribution in [3.63, 3.8) is 0 Å². The Kier molecular flexibility index (Phi) is 2.91. The van der Waals surface area contributed by atoms with Crippen molar-refractivity contribution >= 4 is 0 Å². The minimum absolute atomic E-state index is 0.0322. The Morgan fingerprint density at radius 2 is 2.17 bits per heavy atom. The van der Waals surface area contributed by atoms with E-state index in [-0.39, 0.29) is 12.0 Å². The molecule has 3 rings (SSSR count). The molecule has 18 heavy (non-hydrogen) atoms. The van der Waals surface area contributed by atoms with E-state index in [1.54, 1.807) is 6.26 Å². The van der Waals surface area contributed by atoms with E-state index in [1.165, 1.54) is 0 Å². The third-order valence-electron chi connectivity index (χ3n) is 3.55. The summed E-state index contributed by atoms with van der Waals surface area (Å²) in [5.41, 5.74) is 0.978. The third kappa shape index (κ3) is 1.95. The maximum Gasteiger partial charge on any atom is 0.238 e. The molecule has 0 aromatic carbocycles. The third-order valence-corrected chi connectivity index (χ3v) is 3.55. The van der Waals surface area contributed by atoms with Crippen LogP contribution in [0.1, 0.15) is 43.1 Å². The minimum Gasteiger partial charge on any atom is -0.461 e. The van der Waals surface area contributed by atoms with Crippen LogP contribution in [0.4, 0.5) is 0 Å². The molecule has 5 nitrogen and oxygen atoms in total. The molecule has 5 heteroatoms. The van der Waals surface area contributed by atoms with Gasteiger partial charge in [0, 0.05) is 0 Å². The molecule has 0 aliphatic heterocycles. The topological polar surface area (TPSA) is 72.3 Å². The molecule has 1 fully saturated rings. The number of nitrogens with zero attached hydrogens (tertiary/aromatic N) is 2. The van der Waals surface area contributed by atoms with Crippen LogP contribution in [0.2, 0.25) is 0 Å². The molecular weight excluding hydrogens is 232 g/mol. The molecule has 1 aliphatic rings. The van der Waals surface area contributed by atoms with Crippen molar-refractivity contribution in [3.05, 3.63) is 23.8 Å². The van der Waals surface area contributed by atoms with Crippen LogP contribution in [0.5, 0.6) is 0 Å². The largest absolute Gasteiger partial charge is 0.461 e. The first-order valence-electron chi connectivity index (χ1n) is 6.32. The van der Waals surface area contributed by atoms with Crippen molar-refractivity contribution in [2.75, 3.05) is 0 Å². The fourth-order valence-corrected chi connectivity index (χ4v) is 2.48. The lowest BCUT2D eigenvalue weighted by molar-refractivity contribution is 0.0908. The Morgan fingerprint density at radius 1 is 1.33 bits per heavy atom. The molecule has 0 bridgehead atoms. The van der Waals surface area contributed by atoms with E-state index in [4.69, 9.17) is 8.94 Å². The molecule has 1 N–H and O–H groups in total. The lowest BCUT2D eigenvalue weighted by atomic mass is 9.86. The number of aliphatic hydroxyl groups is 1. The number of furan rings is 1. The van der Waals surface area contributed by atoms with Crippen molar-refractivity contribution in [1.29, 1.82) is 0 Å². The van der Waals surface area contributed by atoms with Gasteiger partial charge >= 0.3 is 0 Å². The highest BCUT2D eigenvalue weighted by atomic mass is 16.5. The molecule has 2 heterocycles. The van der Waals surface area contributed by atoms with E-state index >= 15 is 0 Å². The van der Waals surface area contributed by atoms with Gasteiger partial charge in [0.15, 0.2) is 5.76 Å². The van der Waals surface area contributed by atoms with Gasteiger partial charge < -0.3 is 14.0 Å². The van der Waals surface area contributed by atoms with Crippen LogP contribution >= 0.6 is 0 Å². The number of aliphatic hydroxyl groups excluding tert-OH is 1. The molecular formula is C13H16N2O3. The highest BCUT2D eigenvalue weighted by Gasteiger charge is 2.30. The van der Waals surface area contributed by atoms with Gasteiger partial charge in [-0.25, -0.2) is 0 Å². The van der Waals surface area contributed by atoms with Gasteiger partial charge in [0.25, 0.3) is 0 Å². The Bertz CT molecular complexity index is 532. The molecule has 1 saturated carbocycles. The Hall–Kier alpha value is -1.62. The molecule has 0 radical (unpaired) electrons. The average Bonchev–Trinajstić information content (AvgIpc) is 2.98. The Morgan fingerprint density at radius 3 is 2.89 bits per heavy atom. The molecule has 2 atom stereocenters. The van der Waals surface area contributed by atoms with Crippen molar-refractivity contribution in [2.24, 2.45) is 0 Å². The Labute approximate surface area is 105 Å². The summed E-state index contributed by atoms with van der Waals surface area (Å²) < 4.78 is 10.6. The fraction of sp³-hybridized carbons (Fsp3) is 0.538. The first-order chi connectivity index (χ1) is 8.75. The maximum atomic E-state index is 9.97. The number of rotatable bonds is 2. The van der Waals surface area contributed by atoms with Crippen molar-refractivity contribution < 1.29 is 14.0 Å². The second-order valence-electron chi connectivity index (χ2n) is 4.85. The zero-order chi connectivity index (χ0) is 12.5. The van der Waals surface area contributed by atoms with Crippen LogP contribution in [0, 0.1) is 6.92 Å². The van der Waals surface area contributed by atoms with E-state index in [0.29, 0.717) is 17.5 Å². The van der Waals surface area contributed by atoms with Gasteiger partial charge in [-0.05, 0) is 31.4 Å². The summed E-state index contributed by atoms with van der Waals surface area (Å²) in [5, 5.41) is 13.9. The summed E-state index contributed by atoms with van der Waals surface area (Å²) in [6, 6.07) is 1.86. The van der Waals surface area contributed by atoms with Crippen molar-refractivity contribution in [1.82, 2.24) is 10.1 Å². The van der Waals surface area contributed by atoms with Crippen LogP contribution in [-0.2, 0) is 0 Å². The molecule has 2 aromatic heterocycles. The lowest BCUT2D eigenvalue weighted by Gasteiger charge is -2.23. The first-order valence-corrected chi connectivity index (χ1v) is 6.32. The number of aromatic nitrogens is 2. The normalized spacial score (nSPS) is 24.3. The quantitative estimate of drug-likeness (QED) is 0.884. The first kappa shape index (κ1) is 11.5. The highest BCUT2D eigenvalue weighted by Crippen LogP contribution is 2.33. The smallest absolute Gasteiger partial charge is 0.238 e.